The summed E-state index contributed by atoms with van der Waals surface area (Å²) < 4.78 is 20.8. The zero-order chi connectivity index (χ0) is 23.8. The molecule has 0 spiro atoms. The minimum absolute atomic E-state index is 0.193. The van der Waals surface area contributed by atoms with Crippen molar-refractivity contribution in [3.05, 3.63) is 72.2 Å². The number of morpholine rings is 1. The lowest BCUT2D eigenvalue weighted by Crippen LogP contribution is -2.44. The number of fused-ring (bicyclic) bond motifs is 1. The molecule has 1 atom stereocenters. The highest BCUT2D eigenvalue weighted by Crippen LogP contribution is 2.35. The van der Waals surface area contributed by atoms with E-state index in [1.807, 2.05) is 42.5 Å². The molecule has 0 saturated carbocycles. The molecule has 176 valence electrons. The Hall–Kier alpha value is -3.38. The number of nitrogens with two attached hydrogens (primary N) is 1. The number of nitrogen functional groups attached to an aromatic ring is 1. The summed E-state index contributed by atoms with van der Waals surface area (Å²) in [4.78, 5) is 6.38. The molecule has 0 amide bonds. The van der Waals surface area contributed by atoms with Crippen molar-refractivity contribution in [3.63, 3.8) is 0 Å². The van der Waals surface area contributed by atoms with E-state index in [-0.39, 0.29) is 11.9 Å². The van der Waals surface area contributed by atoms with Gasteiger partial charge < -0.3 is 20.7 Å². The minimum atomic E-state index is -0.559. The van der Waals surface area contributed by atoms with Gasteiger partial charge in [-0.2, -0.15) is 4.39 Å². The molecule has 0 radical (unpaired) electrons. The minimum Gasteiger partial charge on any atom is -0.385 e. The molecule has 1 unspecified atom stereocenters. The van der Waals surface area contributed by atoms with Crippen molar-refractivity contribution < 1.29 is 9.13 Å². The van der Waals surface area contributed by atoms with Crippen molar-refractivity contribution >= 4 is 17.2 Å². The van der Waals surface area contributed by atoms with Crippen molar-refractivity contribution in [1.29, 1.82) is 0 Å². The second-order valence-corrected chi connectivity index (χ2v) is 9.43. The number of anilines is 2. The third kappa shape index (κ3) is 4.26. The van der Waals surface area contributed by atoms with E-state index in [2.05, 4.69) is 41.7 Å². The Kier molecular flexibility index (Phi) is 6.00. The average molecular weight is 459 g/mol. The van der Waals surface area contributed by atoms with Crippen LogP contribution in [-0.4, -0.2) is 37.3 Å². The summed E-state index contributed by atoms with van der Waals surface area (Å²) in [5.41, 5.74) is 13.4. The second kappa shape index (κ2) is 9.11. The number of pyridine rings is 1. The molecule has 3 N–H and O–H groups in total. The Labute approximate surface area is 200 Å². The van der Waals surface area contributed by atoms with Gasteiger partial charge in [0.15, 0.2) is 0 Å². The van der Waals surface area contributed by atoms with Crippen molar-refractivity contribution in [3.8, 4) is 22.3 Å². The van der Waals surface area contributed by atoms with E-state index in [0.29, 0.717) is 18.1 Å². The van der Waals surface area contributed by atoms with E-state index in [0.717, 1.165) is 59.7 Å². The number of rotatable bonds is 4. The van der Waals surface area contributed by atoms with Crippen LogP contribution in [-0.2, 0) is 11.2 Å². The zero-order valence-electron chi connectivity index (χ0n) is 19.8. The molecule has 1 saturated heterocycles. The topological polar surface area (TPSA) is 63.4 Å². The van der Waals surface area contributed by atoms with Gasteiger partial charge in [-0.25, -0.2) is 4.98 Å². The summed E-state index contributed by atoms with van der Waals surface area (Å²) >= 11 is 0. The third-order valence-corrected chi connectivity index (χ3v) is 6.86. The summed E-state index contributed by atoms with van der Waals surface area (Å²) in [6.45, 7) is 11.7. The van der Waals surface area contributed by atoms with Crippen LogP contribution in [0.3, 0.4) is 0 Å². The first-order valence-corrected chi connectivity index (χ1v) is 11.9. The third-order valence-electron chi connectivity index (χ3n) is 6.86. The van der Waals surface area contributed by atoms with Crippen LogP contribution < -0.4 is 16.0 Å². The van der Waals surface area contributed by atoms with E-state index in [1.54, 1.807) is 0 Å². The maximum atomic E-state index is 14.9. The summed E-state index contributed by atoms with van der Waals surface area (Å²) in [6, 6.07) is 16.0. The zero-order valence-corrected chi connectivity index (χ0v) is 19.8. The predicted molar refractivity (Wildman–Crippen MR) is 137 cm³/mol. The lowest BCUT2D eigenvalue weighted by atomic mass is 9.93. The van der Waals surface area contributed by atoms with Gasteiger partial charge in [0.05, 0.1) is 12.7 Å². The molecule has 2 aliphatic rings. The van der Waals surface area contributed by atoms with Crippen LogP contribution in [0.5, 0.6) is 0 Å². The molecule has 3 heterocycles. The van der Waals surface area contributed by atoms with E-state index in [1.165, 1.54) is 5.56 Å². The lowest BCUT2D eigenvalue weighted by Gasteiger charge is -2.36. The van der Waals surface area contributed by atoms with E-state index in [9.17, 15) is 4.39 Å². The quantitative estimate of drug-likeness (QED) is 0.532. The van der Waals surface area contributed by atoms with Gasteiger partial charge in [0.1, 0.15) is 5.82 Å². The van der Waals surface area contributed by atoms with Gasteiger partial charge >= 0.3 is 0 Å². The first kappa shape index (κ1) is 22.4. The fourth-order valence-corrected chi connectivity index (χ4v) is 4.81. The van der Waals surface area contributed by atoms with Gasteiger partial charge in [-0.3, -0.25) is 0 Å². The van der Waals surface area contributed by atoms with Gasteiger partial charge in [0.25, 0.3) is 0 Å². The fraction of sp³-hybridized carbons (Fsp3) is 0.321. The molecule has 3 aromatic rings. The summed E-state index contributed by atoms with van der Waals surface area (Å²) in [7, 11) is 0. The highest BCUT2D eigenvalue weighted by molar-refractivity contribution is 5.82. The fourth-order valence-electron chi connectivity index (χ4n) is 4.81. The van der Waals surface area contributed by atoms with Gasteiger partial charge in [0.2, 0.25) is 5.95 Å². The molecule has 5 nitrogen and oxygen atoms in total. The number of hydrogen-bond acceptors (Lipinski definition) is 5. The van der Waals surface area contributed by atoms with E-state index >= 15 is 0 Å². The largest absolute Gasteiger partial charge is 0.385 e. The van der Waals surface area contributed by atoms with Gasteiger partial charge in [-0.05, 0) is 47.2 Å². The Morgan fingerprint density at radius 3 is 2.62 bits per heavy atom. The molecule has 34 heavy (non-hydrogen) atoms. The molecule has 2 aromatic carbocycles. The van der Waals surface area contributed by atoms with Crippen LogP contribution in [0.1, 0.15) is 25.0 Å². The first-order chi connectivity index (χ1) is 16.4. The molecule has 0 bridgehead atoms. The van der Waals surface area contributed by atoms with Crippen molar-refractivity contribution in [1.82, 2.24) is 10.3 Å². The number of benzene rings is 2. The van der Waals surface area contributed by atoms with Crippen molar-refractivity contribution in [2.45, 2.75) is 26.4 Å². The van der Waals surface area contributed by atoms with Crippen LogP contribution in [0.4, 0.5) is 15.9 Å². The Morgan fingerprint density at radius 2 is 1.85 bits per heavy atom. The van der Waals surface area contributed by atoms with Crippen LogP contribution in [0.2, 0.25) is 0 Å². The average Bonchev–Trinajstić information content (AvgIpc) is 2.84. The molecule has 6 heteroatoms. The summed E-state index contributed by atoms with van der Waals surface area (Å²) in [5, 5.41) is 3.29. The smallest absolute Gasteiger partial charge is 0.222 e. The maximum absolute atomic E-state index is 14.9. The second-order valence-electron chi connectivity index (χ2n) is 9.43. The van der Waals surface area contributed by atoms with Crippen molar-refractivity contribution in [2.75, 3.05) is 36.9 Å². The number of nitrogens with one attached hydrogen (secondary N) is 1. The Balaban J connectivity index is 1.45. The highest BCUT2D eigenvalue weighted by atomic mass is 19.1. The molecular formula is C28H31FN4O. The van der Waals surface area contributed by atoms with E-state index in [4.69, 9.17) is 10.5 Å². The Morgan fingerprint density at radius 1 is 1.09 bits per heavy atom. The number of hydrogen-bond donors (Lipinski definition) is 2. The molecule has 2 aliphatic heterocycles. The summed E-state index contributed by atoms with van der Waals surface area (Å²) in [5.74, 6) is 0.0998. The van der Waals surface area contributed by atoms with Crippen LogP contribution in [0.25, 0.3) is 28.0 Å². The molecule has 1 fully saturated rings. The number of aromatic nitrogens is 1. The van der Waals surface area contributed by atoms with E-state index < -0.39 is 5.95 Å². The summed E-state index contributed by atoms with van der Waals surface area (Å²) in [6.07, 6.45) is 1.13. The number of halogens is 1. The van der Waals surface area contributed by atoms with Crippen LogP contribution in [0.15, 0.2) is 55.1 Å². The van der Waals surface area contributed by atoms with Gasteiger partial charge in [-0.15, -0.1) is 0 Å². The SMILES string of the molecule is C=C1NCCc2cc(-c3cc(-c4ccc(N5CCOC(C(C)C)C5)cc4)c(F)nc3N)ccc21. The number of nitrogens with zero attached hydrogens (tertiary/aromatic N) is 2. The normalized spacial score (nSPS) is 18.1. The molecule has 0 aliphatic carbocycles. The molecule has 5 rings (SSSR count). The van der Waals surface area contributed by atoms with Gasteiger partial charge in [-0.1, -0.05) is 50.8 Å². The highest BCUT2D eigenvalue weighted by Gasteiger charge is 2.23. The Bertz CT molecular complexity index is 1220. The standard InChI is InChI=1S/C28H31FN4O/c1-17(2)26-16-33(12-13-34-26)22-7-4-19(5-8-22)24-15-25(28(30)32-27(24)29)20-6-9-23-18(3)31-11-10-21(23)14-20/h4-9,14-15,17,26,31H,3,10-13,16H2,1-2H3,(H2,30,32). The lowest BCUT2D eigenvalue weighted by molar-refractivity contribution is 0.0114. The molecular weight excluding hydrogens is 427 g/mol. The molecule has 1 aromatic heterocycles. The van der Waals surface area contributed by atoms with Gasteiger partial charge in [0, 0.05) is 47.7 Å². The number of ether oxygens (including phenoxy) is 1. The van der Waals surface area contributed by atoms with Crippen molar-refractivity contribution in [2.24, 2.45) is 5.92 Å². The first-order valence-electron chi connectivity index (χ1n) is 11.9. The predicted octanol–water partition coefficient (Wildman–Crippen LogP) is 5.11. The maximum Gasteiger partial charge on any atom is 0.222 e. The monoisotopic (exact) mass is 458 g/mol. The van der Waals surface area contributed by atoms with Crippen LogP contribution in [0, 0.1) is 11.9 Å². The van der Waals surface area contributed by atoms with Crippen LogP contribution >= 0.6 is 0 Å².